The lowest BCUT2D eigenvalue weighted by Crippen LogP contribution is -2.32. The number of rotatable bonds is 6. The topological polar surface area (TPSA) is 78.9 Å². The third-order valence-corrected chi connectivity index (χ3v) is 8.95. The fourth-order valence-corrected chi connectivity index (χ4v) is 6.79. The minimum Gasteiger partial charge on any atom is -0.496 e. The summed E-state index contributed by atoms with van der Waals surface area (Å²) in [5.41, 5.74) is 0.612. The molecule has 2 fully saturated rings. The van der Waals surface area contributed by atoms with E-state index in [1.54, 1.807) is 31.2 Å². The molecule has 0 aromatic heterocycles. The van der Waals surface area contributed by atoms with Gasteiger partial charge in [0.1, 0.15) is 11.6 Å². The zero-order chi connectivity index (χ0) is 34.7. The van der Waals surface area contributed by atoms with Crippen molar-refractivity contribution in [2.24, 2.45) is 0 Å². The van der Waals surface area contributed by atoms with Gasteiger partial charge in [-0.05, 0) is 108 Å². The van der Waals surface area contributed by atoms with E-state index in [9.17, 15) is 45.4 Å². The fourth-order valence-electron chi connectivity index (χ4n) is 6.79. The number of hydrogen-bond donors (Lipinski definition) is 2. The third-order valence-electron chi connectivity index (χ3n) is 8.95. The third kappa shape index (κ3) is 5.93. The number of halogens is 7. The predicted molar refractivity (Wildman–Crippen MR) is 161 cm³/mol. The largest absolute Gasteiger partial charge is 0.496 e. The van der Waals surface area contributed by atoms with E-state index in [2.05, 4.69) is 5.32 Å². The van der Waals surface area contributed by atoms with Gasteiger partial charge in [-0.2, -0.15) is 26.3 Å². The molecule has 48 heavy (non-hydrogen) atoms. The molecule has 0 radical (unpaired) electrons. The smallest absolute Gasteiger partial charge is 0.416 e. The number of ether oxygens (including phenoxy) is 1. The summed E-state index contributed by atoms with van der Waals surface area (Å²) in [4.78, 5) is 26.2. The first-order chi connectivity index (χ1) is 22.6. The molecule has 2 heterocycles. The first-order valence-electron chi connectivity index (χ1n) is 14.8. The number of fused-ring (bicyclic) bond motifs is 1. The van der Waals surface area contributed by atoms with Crippen molar-refractivity contribution in [2.45, 2.75) is 50.2 Å². The Balaban J connectivity index is 1.46. The molecule has 0 spiro atoms. The van der Waals surface area contributed by atoms with E-state index >= 15 is 0 Å². The van der Waals surface area contributed by atoms with Gasteiger partial charge >= 0.3 is 24.4 Å². The number of methoxy groups -OCH3 is 1. The zero-order valence-electron chi connectivity index (χ0n) is 25.3. The van der Waals surface area contributed by atoms with Crippen LogP contribution in [0.25, 0.3) is 22.3 Å². The van der Waals surface area contributed by atoms with E-state index in [1.165, 1.54) is 30.2 Å². The average molecular weight is 673 g/mol. The number of carbonyl (C=O) groups excluding carboxylic acids is 1. The summed E-state index contributed by atoms with van der Waals surface area (Å²) in [7, 11) is 1.40. The lowest BCUT2D eigenvalue weighted by Gasteiger charge is -2.27. The Morgan fingerprint density at radius 2 is 1.56 bits per heavy atom. The highest BCUT2D eigenvalue weighted by Gasteiger charge is 2.49. The highest BCUT2D eigenvalue weighted by atomic mass is 19.4. The highest BCUT2D eigenvalue weighted by molar-refractivity contribution is 5.89. The molecule has 2 N–H and O–H groups in total. The Hall–Kier alpha value is -5.07. The van der Waals surface area contributed by atoms with E-state index < -0.39 is 59.4 Å². The van der Waals surface area contributed by atoms with Crippen molar-refractivity contribution in [2.75, 3.05) is 7.11 Å². The molecule has 2 aliphatic rings. The molecule has 2 amide bonds. The lowest BCUT2D eigenvalue weighted by atomic mass is 9.89. The molecule has 4 aromatic rings. The van der Waals surface area contributed by atoms with E-state index in [1.807, 2.05) is 0 Å². The van der Waals surface area contributed by atoms with Crippen LogP contribution in [0.4, 0.5) is 35.5 Å². The van der Waals surface area contributed by atoms with Crippen LogP contribution < -0.4 is 10.1 Å². The Morgan fingerprint density at radius 1 is 0.854 bits per heavy atom. The van der Waals surface area contributed by atoms with Crippen molar-refractivity contribution in [1.82, 2.24) is 10.2 Å². The number of nitrogens with one attached hydrogen (secondary N) is 1. The van der Waals surface area contributed by atoms with Crippen LogP contribution >= 0.6 is 0 Å². The van der Waals surface area contributed by atoms with Crippen LogP contribution in [0.5, 0.6) is 5.75 Å². The number of hydrogen-bond acceptors (Lipinski definition) is 3. The van der Waals surface area contributed by atoms with Crippen molar-refractivity contribution in [3.8, 4) is 28.0 Å². The van der Waals surface area contributed by atoms with Crippen LogP contribution in [0.2, 0.25) is 0 Å². The number of alkyl halides is 6. The maximum Gasteiger partial charge on any atom is 0.416 e. The Kier molecular flexibility index (Phi) is 8.12. The van der Waals surface area contributed by atoms with Crippen LogP contribution in [0, 0.1) is 12.7 Å². The van der Waals surface area contributed by atoms with E-state index in [4.69, 9.17) is 4.74 Å². The number of carbonyl (C=O) groups is 2. The second-order valence-corrected chi connectivity index (χ2v) is 11.8. The van der Waals surface area contributed by atoms with Crippen LogP contribution in [0.15, 0.2) is 72.8 Å². The molecule has 4 aromatic carbocycles. The molecule has 0 unspecified atom stereocenters. The first-order valence-corrected chi connectivity index (χ1v) is 14.8. The number of carboxylic acids is 1. The van der Waals surface area contributed by atoms with Gasteiger partial charge in [0.05, 0.1) is 41.9 Å². The van der Waals surface area contributed by atoms with Gasteiger partial charge in [-0.3, -0.25) is 0 Å². The van der Waals surface area contributed by atoms with Crippen molar-refractivity contribution in [3.05, 3.63) is 112 Å². The normalized spacial score (nSPS) is 19.3. The Labute approximate surface area is 269 Å². The molecule has 0 bridgehead atoms. The van der Waals surface area contributed by atoms with E-state index in [0.29, 0.717) is 39.6 Å². The van der Waals surface area contributed by atoms with Gasteiger partial charge in [0, 0.05) is 5.56 Å². The van der Waals surface area contributed by atoms with E-state index in [-0.39, 0.29) is 29.5 Å². The second kappa shape index (κ2) is 11.9. The Morgan fingerprint density at radius 3 is 2.21 bits per heavy atom. The summed E-state index contributed by atoms with van der Waals surface area (Å²) in [5, 5.41) is 12.0. The molecule has 3 atom stereocenters. The standard InChI is InChI=1S/C35H27F7N2O4/c1-17-11-19(32(45)46)3-6-24(17)18-4-10-30(48-2)27(14-18)25-7-5-21(34(37,38)39)16-26(25)28-8-9-29-31(43-33(47)44(28)29)20-12-22(35(40,41)42)15-23(36)13-20/h3-7,10-16,28-29,31H,8-9H2,1-2H3,(H,43,47)(H,45,46)/t28-,29-,31+/m0/s1. The number of amides is 2. The number of urea groups is 1. The molecule has 13 heteroatoms. The number of aromatic carboxylic acids is 1. The van der Waals surface area contributed by atoms with Gasteiger partial charge < -0.3 is 20.1 Å². The maximum atomic E-state index is 14.3. The minimum atomic E-state index is -4.84. The molecule has 2 aliphatic heterocycles. The molecule has 6 nitrogen and oxygen atoms in total. The van der Waals surface area contributed by atoms with Crippen LogP contribution in [0.3, 0.4) is 0 Å². The first kappa shape index (κ1) is 32.9. The highest BCUT2D eigenvalue weighted by Crippen LogP contribution is 2.49. The summed E-state index contributed by atoms with van der Waals surface area (Å²) < 4.78 is 103. The quantitative estimate of drug-likeness (QED) is 0.200. The summed E-state index contributed by atoms with van der Waals surface area (Å²) >= 11 is 0. The molecular weight excluding hydrogens is 645 g/mol. The number of benzene rings is 4. The van der Waals surface area contributed by atoms with Gasteiger partial charge in [-0.15, -0.1) is 0 Å². The fraction of sp³-hybridized carbons (Fsp3) is 0.257. The predicted octanol–water partition coefficient (Wildman–Crippen LogP) is 9.18. The van der Waals surface area contributed by atoms with E-state index in [0.717, 1.165) is 24.3 Å². The van der Waals surface area contributed by atoms with Crippen molar-refractivity contribution in [3.63, 3.8) is 0 Å². The minimum absolute atomic E-state index is 0.0841. The van der Waals surface area contributed by atoms with Crippen molar-refractivity contribution < 1.29 is 50.2 Å². The molecule has 2 saturated heterocycles. The summed E-state index contributed by atoms with van der Waals surface area (Å²) in [5.74, 6) is -1.92. The van der Waals surface area contributed by atoms with Crippen LogP contribution in [-0.4, -0.2) is 35.2 Å². The van der Waals surface area contributed by atoms with Gasteiger partial charge in [0.2, 0.25) is 0 Å². The lowest BCUT2D eigenvalue weighted by molar-refractivity contribution is -0.138. The van der Waals surface area contributed by atoms with Gasteiger partial charge in [-0.1, -0.05) is 18.2 Å². The zero-order valence-corrected chi connectivity index (χ0v) is 25.3. The Bertz CT molecular complexity index is 1940. The van der Waals surface area contributed by atoms with Gasteiger partial charge in [0.15, 0.2) is 0 Å². The maximum absolute atomic E-state index is 14.3. The molecular formula is C35H27F7N2O4. The summed E-state index contributed by atoms with van der Waals surface area (Å²) in [6.45, 7) is 1.73. The van der Waals surface area contributed by atoms with Crippen molar-refractivity contribution >= 4 is 12.0 Å². The number of carboxylic acid groups (broad SMARTS) is 1. The summed E-state index contributed by atoms with van der Waals surface area (Å²) in [6.07, 6.45) is -9.17. The van der Waals surface area contributed by atoms with Gasteiger partial charge in [-0.25, -0.2) is 14.0 Å². The summed E-state index contributed by atoms with van der Waals surface area (Å²) in [6, 6.07) is 11.4. The number of aryl methyl sites for hydroxylation is 1. The van der Waals surface area contributed by atoms with Crippen LogP contribution in [-0.2, 0) is 12.4 Å². The molecule has 250 valence electrons. The van der Waals surface area contributed by atoms with Crippen LogP contribution in [0.1, 0.15) is 63.1 Å². The van der Waals surface area contributed by atoms with Gasteiger partial charge in [0.25, 0.3) is 0 Å². The SMILES string of the molecule is COc1ccc(-c2ccc(C(=O)O)cc2C)cc1-c1ccc(C(F)(F)F)cc1[C@@H]1CC[C@H]2[C@@H](c3cc(F)cc(C(F)(F)F)c3)NC(=O)N12. The molecule has 0 aliphatic carbocycles. The molecule has 0 saturated carbocycles. The monoisotopic (exact) mass is 672 g/mol. The average Bonchev–Trinajstić information content (AvgIpc) is 3.60. The second-order valence-electron chi connectivity index (χ2n) is 11.8. The molecule has 6 rings (SSSR count). The van der Waals surface area contributed by atoms with Crippen molar-refractivity contribution in [1.29, 1.82) is 0 Å². The number of nitrogens with zero attached hydrogens (tertiary/aromatic N) is 1.